The van der Waals surface area contributed by atoms with E-state index in [2.05, 4.69) is 10.6 Å². The predicted octanol–water partition coefficient (Wildman–Crippen LogP) is 3.32. The molecule has 7 heteroatoms. The smallest absolute Gasteiger partial charge is 0.408 e. The normalized spacial score (nSPS) is 12.6. The quantitative estimate of drug-likeness (QED) is 0.471. The number of alkyl carbamates (subject to hydrolysis) is 1. The first-order chi connectivity index (χ1) is 15.3. The van der Waals surface area contributed by atoms with Crippen molar-refractivity contribution < 1.29 is 19.1 Å². The molecule has 0 fully saturated rings. The lowest BCUT2D eigenvalue weighted by Crippen LogP contribution is -2.53. The number of carbonyl (C=O) groups is 3. The van der Waals surface area contributed by atoms with Crippen LogP contribution in [0.15, 0.2) is 60.7 Å². The van der Waals surface area contributed by atoms with Gasteiger partial charge in [0.15, 0.2) is 0 Å². The summed E-state index contributed by atoms with van der Waals surface area (Å²) in [5.74, 6) is -0.898. The fourth-order valence-corrected chi connectivity index (χ4v) is 3.32. The minimum atomic E-state index is -0.825. The Labute approximate surface area is 189 Å². The van der Waals surface area contributed by atoms with Crippen LogP contribution in [-0.4, -0.2) is 30.0 Å². The Morgan fingerprint density at radius 3 is 2.03 bits per heavy atom. The van der Waals surface area contributed by atoms with Crippen LogP contribution in [0.2, 0.25) is 0 Å². The zero-order valence-electron chi connectivity index (χ0n) is 18.8. The highest BCUT2D eigenvalue weighted by molar-refractivity contribution is 5.90. The van der Waals surface area contributed by atoms with Crippen molar-refractivity contribution in [3.8, 4) is 0 Å². The van der Waals surface area contributed by atoms with Crippen LogP contribution in [0.4, 0.5) is 4.79 Å². The molecule has 2 aromatic rings. The number of amides is 3. The predicted molar refractivity (Wildman–Crippen MR) is 124 cm³/mol. The molecule has 0 aliphatic rings. The number of hydrogen-bond acceptors (Lipinski definition) is 4. The maximum atomic E-state index is 12.8. The molecule has 0 spiro atoms. The molecule has 2 atom stereocenters. The lowest BCUT2D eigenvalue weighted by atomic mass is 10.0. The summed E-state index contributed by atoms with van der Waals surface area (Å²) in [7, 11) is 0. The van der Waals surface area contributed by atoms with E-state index in [1.807, 2.05) is 74.5 Å². The molecule has 0 aliphatic heterocycles. The van der Waals surface area contributed by atoms with Crippen LogP contribution in [0.5, 0.6) is 0 Å². The molecule has 2 aromatic carbocycles. The van der Waals surface area contributed by atoms with Crippen LogP contribution in [0.1, 0.15) is 44.2 Å². The van der Waals surface area contributed by atoms with Gasteiger partial charge in [0.1, 0.15) is 18.7 Å². The van der Waals surface area contributed by atoms with Crippen LogP contribution >= 0.6 is 0 Å². The van der Waals surface area contributed by atoms with Crippen molar-refractivity contribution in [1.29, 1.82) is 0 Å². The van der Waals surface area contributed by atoms with Crippen molar-refractivity contribution >= 4 is 17.9 Å². The summed E-state index contributed by atoms with van der Waals surface area (Å²) in [6, 6.07) is 17.5. The van der Waals surface area contributed by atoms with Crippen molar-refractivity contribution in [1.82, 2.24) is 10.6 Å². The van der Waals surface area contributed by atoms with Gasteiger partial charge < -0.3 is 21.1 Å². The maximum Gasteiger partial charge on any atom is 0.408 e. The second kappa shape index (κ2) is 13.1. The SMILES string of the molecule is CC(C)C[C@H](NC(=O)OCc1ccccc1)C(=O)N[C@H](CCCc1ccccc1)C(N)=O. The Morgan fingerprint density at radius 1 is 0.875 bits per heavy atom. The number of nitrogens with two attached hydrogens (primary N) is 1. The number of aryl methyl sites for hydroxylation is 1. The molecule has 3 amide bonds. The number of ether oxygens (including phenoxy) is 1. The van der Waals surface area contributed by atoms with Crippen LogP contribution in [0.3, 0.4) is 0 Å². The standard InChI is InChI=1S/C25H33N3O4/c1-18(2)16-22(28-25(31)32-17-20-12-7-4-8-13-20)24(30)27-21(23(26)29)15-9-14-19-10-5-3-6-11-19/h3-8,10-13,18,21-22H,9,14-17H2,1-2H3,(H2,26,29)(H,27,30)(H,28,31)/t21-,22+/m1/s1. The van der Waals surface area contributed by atoms with Gasteiger partial charge in [-0.15, -0.1) is 0 Å². The van der Waals surface area contributed by atoms with Crippen LogP contribution in [0, 0.1) is 5.92 Å². The summed E-state index contributed by atoms with van der Waals surface area (Å²) in [4.78, 5) is 37.0. The van der Waals surface area contributed by atoms with Gasteiger partial charge in [0.05, 0.1) is 0 Å². The highest BCUT2D eigenvalue weighted by Gasteiger charge is 2.26. The lowest BCUT2D eigenvalue weighted by Gasteiger charge is -2.23. The summed E-state index contributed by atoms with van der Waals surface area (Å²) in [5.41, 5.74) is 7.52. The molecule has 0 bridgehead atoms. The highest BCUT2D eigenvalue weighted by Crippen LogP contribution is 2.10. The first-order valence-corrected chi connectivity index (χ1v) is 11.0. The van der Waals surface area contributed by atoms with Crippen molar-refractivity contribution in [2.75, 3.05) is 0 Å². The van der Waals surface area contributed by atoms with Crippen molar-refractivity contribution in [2.24, 2.45) is 11.7 Å². The minimum absolute atomic E-state index is 0.103. The van der Waals surface area contributed by atoms with E-state index in [1.165, 1.54) is 0 Å². The molecular formula is C25H33N3O4. The second-order valence-corrected chi connectivity index (χ2v) is 8.23. The second-order valence-electron chi connectivity index (χ2n) is 8.23. The molecule has 172 valence electrons. The number of primary amides is 1. The van der Waals surface area contributed by atoms with E-state index < -0.39 is 30.0 Å². The van der Waals surface area contributed by atoms with Gasteiger partial charge in [0.25, 0.3) is 0 Å². The average Bonchev–Trinajstić information content (AvgIpc) is 2.77. The molecule has 0 radical (unpaired) electrons. The van der Waals surface area contributed by atoms with Gasteiger partial charge in [-0.3, -0.25) is 9.59 Å². The van der Waals surface area contributed by atoms with Crippen LogP contribution in [-0.2, 0) is 27.4 Å². The number of carbonyl (C=O) groups excluding carboxylic acids is 3. The summed E-state index contributed by atoms with van der Waals surface area (Å²) in [6.45, 7) is 4.00. The van der Waals surface area contributed by atoms with Crippen molar-refractivity contribution in [2.45, 2.75) is 58.2 Å². The van der Waals surface area contributed by atoms with E-state index in [0.717, 1.165) is 17.5 Å². The summed E-state index contributed by atoms with van der Waals surface area (Å²) in [5, 5.41) is 5.32. The van der Waals surface area contributed by atoms with Gasteiger partial charge in [-0.1, -0.05) is 74.5 Å². The fraction of sp³-hybridized carbons (Fsp3) is 0.400. The van der Waals surface area contributed by atoms with Gasteiger partial charge in [0, 0.05) is 0 Å². The number of rotatable bonds is 12. The fourth-order valence-electron chi connectivity index (χ4n) is 3.32. The van der Waals surface area contributed by atoms with Gasteiger partial charge in [-0.2, -0.15) is 0 Å². The maximum absolute atomic E-state index is 12.8. The Kier molecular flexibility index (Phi) is 10.2. The summed E-state index contributed by atoms with van der Waals surface area (Å²) >= 11 is 0. The molecular weight excluding hydrogens is 406 g/mol. The largest absolute Gasteiger partial charge is 0.445 e. The molecule has 0 saturated carbocycles. The van der Waals surface area contributed by atoms with E-state index >= 15 is 0 Å². The highest BCUT2D eigenvalue weighted by atomic mass is 16.5. The molecule has 0 aliphatic carbocycles. The summed E-state index contributed by atoms with van der Waals surface area (Å²) in [6.07, 6.45) is 1.61. The molecule has 32 heavy (non-hydrogen) atoms. The summed E-state index contributed by atoms with van der Waals surface area (Å²) < 4.78 is 5.23. The first-order valence-electron chi connectivity index (χ1n) is 11.0. The molecule has 0 saturated heterocycles. The zero-order chi connectivity index (χ0) is 23.3. The van der Waals surface area contributed by atoms with Crippen molar-refractivity contribution in [3.05, 3.63) is 71.8 Å². The van der Waals surface area contributed by atoms with Gasteiger partial charge >= 0.3 is 6.09 Å². The molecule has 7 nitrogen and oxygen atoms in total. The van der Waals surface area contributed by atoms with Gasteiger partial charge in [0.2, 0.25) is 11.8 Å². The minimum Gasteiger partial charge on any atom is -0.445 e. The van der Waals surface area contributed by atoms with E-state index in [9.17, 15) is 14.4 Å². The first kappa shape index (κ1) is 24.9. The Balaban J connectivity index is 1.90. The number of hydrogen-bond donors (Lipinski definition) is 3. The Hall–Kier alpha value is -3.35. The molecule has 4 N–H and O–H groups in total. The lowest BCUT2D eigenvalue weighted by molar-refractivity contribution is -0.129. The monoisotopic (exact) mass is 439 g/mol. The van der Waals surface area contributed by atoms with E-state index in [0.29, 0.717) is 19.3 Å². The van der Waals surface area contributed by atoms with Crippen LogP contribution < -0.4 is 16.4 Å². The topological polar surface area (TPSA) is 111 Å². The molecule has 0 heterocycles. The third kappa shape index (κ3) is 9.20. The van der Waals surface area contributed by atoms with E-state index in [4.69, 9.17) is 10.5 Å². The van der Waals surface area contributed by atoms with E-state index in [-0.39, 0.29) is 12.5 Å². The number of nitrogens with one attached hydrogen (secondary N) is 2. The van der Waals surface area contributed by atoms with E-state index in [1.54, 1.807) is 0 Å². The van der Waals surface area contributed by atoms with Crippen LogP contribution in [0.25, 0.3) is 0 Å². The number of benzene rings is 2. The Bertz CT molecular complexity index is 856. The zero-order valence-corrected chi connectivity index (χ0v) is 18.8. The molecule has 2 rings (SSSR count). The molecule has 0 aromatic heterocycles. The van der Waals surface area contributed by atoms with Crippen molar-refractivity contribution in [3.63, 3.8) is 0 Å². The van der Waals surface area contributed by atoms with Gasteiger partial charge in [-0.25, -0.2) is 4.79 Å². The van der Waals surface area contributed by atoms with Gasteiger partial charge in [-0.05, 0) is 42.7 Å². The third-order valence-electron chi connectivity index (χ3n) is 4.99. The Morgan fingerprint density at radius 2 is 1.47 bits per heavy atom. The third-order valence-corrected chi connectivity index (χ3v) is 4.99. The average molecular weight is 440 g/mol. The molecule has 0 unspecified atom stereocenters.